The molecule has 12 heteroatoms. The number of aromatic amines is 1. The second-order valence-corrected chi connectivity index (χ2v) is 9.85. The summed E-state index contributed by atoms with van der Waals surface area (Å²) in [6.45, 7) is 10.1. The molecule has 0 aliphatic carbocycles. The third-order valence-electron chi connectivity index (χ3n) is 6.06. The number of hydrogen-bond donors (Lipinski definition) is 1. The number of anilines is 1. The van der Waals surface area contributed by atoms with E-state index in [1.165, 1.54) is 8.61 Å². The molecule has 1 amide bonds. The standard InChI is InChI=1S/C20H34N6O5S/c1-4-25(5-2)32(29,30)26-10-8-23(9-11-26)18(27)7-6-17-16(3)21-20(22-19(17)28)24-12-14-31-15-13-24/h4-15H2,1-3H3,(H,21,22,28). The van der Waals surface area contributed by atoms with Crippen LogP contribution in [0.15, 0.2) is 4.79 Å². The van der Waals surface area contributed by atoms with Gasteiger partial charge in [-0.25, -0.2) is 4.98 Å². The zero-order valence-electron chi connectivity index (χ0n) is 19.2. The van der Waals surface area contributed by atoms with Crippen molar-refractivity contribution in [1.29, 1.82) is 0 Å². The van der Waals surface area contributed by atoms with Gasteiger partial charge in [-0.2, -0.15) is 17.0 Å². The van der Waals surface area contributed by atoms with Crippen molar-refractivity contribution in [2.75, 3.05) is 70.5 Å². The fraction of sp³-hybridized carbons (Fsp3) is 0.750. The molecule has 3 rings (SSSR count). The van der Waals surface area contributed by atoms with E-state index in [1.54, 1.807) is 11.8 Å². The number of H-pyrrole nitrogens is 1. The monoisotopic (exact) mass is 470 g/mol. The SMILES string of the molecule is CCN(CC)S(=O)(=O)N1CCN(C(=O)CCc2c(C)nc(N3CCOCC3)[nH]c2=O)CC1. The number of morpholine rings is 1. The number of carbonyl (C=O) groups excluding carboxylic acids is 1. The van der Waals surface area contributed by atoms with E-state index >= 15 is 0 Å². The lowest BCUT2D eigenvalue weighted by Crippen LogP contribution is -2.54. The van der Waals surface area contributed by atoms with Gasteiger partial charge in [-0.3, -0.25) is 14.6 Å². The molecule has 2 aliphatic rings. The Kier molecular flexibility index (Phi) is 8.26. The molecule has 32 heavy (non-hydrogen) atoms. The van der Waals surface area contributed by atoms with Gasteiger partial charge in [-0.05, 0) is 13.3 Å². The number of nitrogens with zero attached hydrogens (tertiary/aromatic N) is 5. The van der Waals surface area contributed by atoms with Crippen LogP contribution in [0, 0.1) is 6.92 Å². The lowest BCUT2D eigenvalue weighted by atomic mass is 10.1. The van der Waals surface area contributed by atoms with Crippen molar-refractivity contribution in [3.05, 3.63) is 21.6 Å². The summed E-state index contributed by atoms with van der Waals surface area (Å²) in [6.07, 6.45) is 0.486. The predicted molar refractivity (Wildman–Crippen MR) is 121 cm³/mol. The molecule has 2 aliphatic heterocycles. The number of rotatable bonds is 8. The van der Waals surface area contributed by atoms with Crippen LogP contribution in [-0.4, -0.2) is 103 Å². The maximum atomic E-state index is 12.7. The number of aryl methyl sites for hydroxylation is 1. The van der Waals surface area contributed by atoms with Crippen molar-refractivity contribution in [2.24, 2.45) is 0 Å². The first kappa shape index (κ1) is 24.6. The van der Waals surface area contributed by atoms with Crippen LogP contribution in [-0.2, 0) is 26.2 Å². The minimum atomic E-state index is -3.49. The Hall–Kier alpha value is -2.02. The maximum absolute atomic E-state index is 12.7. The van der Waals surface area contributed by atoms with Gasteiger partial charge in [-0.1, -0.05) is 13.8 Å². The minimum absolute atomic E-state index is 0.0825. The summed E-state index contributed by atoms with van der Waals surface area (Å²) in [7, 11) is -3.49. The summed E-state index contributed by atoms with van der Waals surface area (Å²) in [5.74, 6) is 0.456. The minimum Gasteiger partial charge on any atom is -0.378 e. The highest BCUT2D eigenvalue weighted by Gasteiger charge is 2.32. The molecule has 1 aromatic heterocycles. The van der Waals surface area contributed by atoms with Gasteiger partial charge in [0.25, 0.3) is 15.8 Å². The second kappa shape index (κ2) is 10.7. The molecule has 0 saturated carbocycles. The van der Waals surface area contributed by atoms with Gasteiger partial charge in [0.2, 0.25) is 11.9 Å². The van der Waals surface area contributed by atoms with Crippen LogP contribution in [0.3, 0.4) is 0 Å². The van der Waals surface area contributed by atoms with Crippen molar-refractivity contribution in [3.8, 4) is 0 Å². The smallest absolute Gasteiger partial charge is 0.282 e. The van der Waals surface area contributed by atoms with Gasteiger partial charge in [0.05, 0.1) is 13.2 Å². The molecule has 0 bridgehead atoms. The van der Waals surface area contributed by atoms with Crippen LogP contribution in [0.1, 0.15) is 31.5 Å². The Morgan fingerprint density at radius 3 is 2.28 bits per heavy atom. The van der Waals surface area contributed by atoms with E-state index in [2.05, 4.69) is 9.97 Å². The van der Waals surface area contributed by atoms with Crippen molar-refractivity contribution in [1.82, 2.24) is 23.5 Å². The Labute approximate surface area is 189 Å². The molecule has 0 unspecified atom stereocenters. The summed E-state index contributed by atoms with van der Waals surface area (Å²) in [4.78, 5) is 36.3. The fourth-order valence-electron chi connectivity index (χ4n) is 4.09. The van der Waals surface area contributed by atoms with Crippen LogP contribution in [0.25, 0.3) is 0 Å². The Morgan fingerprint density at radius 1 is 1.09 bits per heavy atom. The molecular weight excluding hydrogens is 436 g/mol. The zero-order valence-corrected chi connectivity index (χ0v) is 20.0. The van der Waals surface area contributed by atoms with Gasteiger partial charge in [0.15, 0.2) is 0 Å². The Balaban J connectivity index is 1.56. The number of piperazine rings is 1. The average molecular weight is 471 g/mol. The van der Waals surface area contributed by atoms with Gasteiger partial charge in [0, 0.05) is 70.0 Å². The van der Waals surface area contributed by atoms with E-state index < -0.39 is 10.2 Å². The topological polar surface area (TPSA) is 119 Å². The number of hydrogen-bond acceptors (Lipinski definition) is 7. The number of amides is 1. The van der Waals surface area contributed by atoms with Crippen molar-refractivity contribution >= 4 is 22.1 Å². The van der Waals surface area contributed by atoms with E-state index in [1.807, 2.05) is 18.7 Å². The molecular formula is C20H34N6O5S. The summed E-state index contributed by atoms with van der Waals surface area (Å²) in [6, 6.07) is 0. The molecule has 0 atom stereocenters. The van der Waals surface area contributed by atoms with Crippen LogP contribution < -0.4 is 10.5 Å². The molecule has 0 radical (unpaired) electrons. The summed E-state index contributed by atoms with van der Waals surface area (Å²) in [5.41, 5.74) is 0.915. The fourth-order valence-corrected chi connectivity index (χ4v) is 5.69. The van der Waals surface area contributed by atoms with Gasteiger partial charge in [-0.15, -0.1) is 0 Å². The molecule has 180 valence electrons. The third kappa shape index (κ3) is 5.48. The Bertz CT molecular complexity index is 948. The molecule has 1 N–H and O–H groups in total. The van der Waals surface area contributed by atoms with E-state index in [0.717, 1.165) is 0 Å². The summed E-state index contributed by atoms with van der Waals surface area (Å²) >= 11 is 0. The lowest BCUT2D eigenvalue weighted by Gasteiger charge is -2.36. The van der Waals surface area contributed by atoms with Crippen molar-refractivity contribution < 1.29 is 17.9 Å². The predicted octanol–water partition coefficient (Wildman–Crippen LogP) is -0.422. The van der Waals surface area contributed by atoms with Gasteiger partial charge >= 0.3 is 0 Å². The first-order valence-electron chi connectivity index (χ1n) is 11.2. The number of aromatic nitrogens is 2. The molecule has 11 nitrogen and oxygen atoms in total. The highest BCUT2D eigenvalue weighted by molar-refractivity contribution is 7.86. The third-order valence-corrected chi connectivity index (χ3v) is 8.25. The lowest BCUT2D eigenvalue weighted by molar-refractivity contribution is -0.132. The van der Waals surface area contributed by atoms with Crippen LogP contribution in [0.5, 0.6) is 0 Å². The van der Waals surface area contributed by atoms with E-state index in [-0.39, 0.29) is 31.0 Å². The molecule has 2 saturated heterocycles. The number of ether oxygens (including phenoxy) is 1. The number of nitrogens with one attached hydrogen (secondary N) is 1. The molecule has 0 spiro atoms. The second-order valence-electron chi connectivity index (χ2n) is 7.92. The van der Waals surface area contributed by atoms with Crippen LogP contribution in [0.2, 0.25) is 0 Å². The average Bonchev–Trinajstić information content (AvgIpc) is 2.79. The van der Waals surface area contributed by atoms with Gasteiger partial charge < -0.3 is 14.5 Å². The molecule has 0 aromatic carbocycles. The summed E-state index contributed by atoms with van der Waals surface area (Å²) < 4.78 is 33.5. The molecule has 3 heterocycles. The van der Waals surface area contributed by atoms with Crippen molar-refractivity contribution in [3.63, 3.8) is 0 Å². The highest BCUT2D eigenvalue weighted by Crippen LogP contribution is 2.15. The maximum Gasteiger partial charge on any atom is 0.282 e. The van der Waals surface area contributed by atoms with E-state index in [0.29, 0.717) is 76.1 Å². The summed E-state index contributed by atoms with van der Waals surface area (Å²) in [5, 5.41) is 0. The number of carbonyl (C=O) groups is 1. The van der Waals surface area contributed by atoms with Crippen LogP contribution >= 0.6 is 0 Å². The Morgan fingerprint density at radius 2 is 1.72 bits per heavy atom. The van der Waals surface area contributed by atoms with E-state index in [4.69, 9.17) is 4.74 Å². The largest absolute Gasteiger partial charge is 0.378 e. The first-order chi connectivity index (χ1) is 15.3. The van der Waals surface area contributed by atoms with Crippen LogP contribution in [0.4, 0.5) is 5.95 Å². The first-order valence-corrected chi connectivity index (χ1v) is 12.6. The normalized spacial score (nSPS) is 18.4. The molecule has 1 aromatic rings. The highest BCUT2D eigenvalue weighted by atomic mass is 32.2. The zero-order chi connectivity index (χ0) is 23.3. The molecule has 2 fully saturated rings. The van der Waals surface area contributed by atoms with E-state index in [9.17, 15) is 18.0 Å². The van der Waals surface area contributed by atoms with Gasteiger partial charge in [0.1, 0.15) is 0 Å². The quantitative estimate of drug-likeness (QED) is 0.548. The van der Waals surface area contributed by atoms with Crippen molar-refractivity contribution in [2.45, 2.75) is 33.6 Å².